The van der Waals surface area contributed by atoms with Crippen LogP contribution in [0.1, 0.15) is 59.8 Å². The second-order valence-corrected chi connectivity index (χ2v) is 6.48. The summed E-state index contributed by atoms with van der Waals surface area (Å²) in [6.45, 7) is 8.16. The molecule has 0 aromatic carbocycles. The molecule has 3 heteroatoms. The molecule has 0 aromatic heterocycles. The SMILES string of the molecule is CC(C)(C)OC(=O)C1CC1(C)CCCCCO. The number of carbonyl (C=O) groups is 1. The Balaban J connectivity index is 2.28. The number of unbranched alkanes of at least 4 members (excludes halogenated alkanes) is 2. The molecule has 2 atom stereocenters. The van der Waals surface area contributed by atoms with E-state index in [0.717, 1.165) is 32.1 Å². The van der Waals surface area contributed by atoms with Crippen LogP contribution in [0.4, 0.5) is 0 Å². The van der Waals surface area contributed by atoms with E-state index in [0.29, 0.717) is 0 Å². The Morgan fingerprint density at radius 2 is 2.00 bits per heavy atom. The minimum atomic E-state index is -0.378. The molecule has 0 aliphatic heterocycles. The van der Waals surface area contributed by atoms with Crippen LogP contribution in [0.15, 0.2) is 0 Å². The average Bonchev–Trinajstić information content (AvgIpc) is 2.84. The number of hydrogen-bond acceptors (Lipinski definition) is 3. The maximum absolute atomic E-state index is 11.9. The summed E-state index contributed by atoms with van der Waals surface area (Å²) in [4.78, 5) is 11.9. The smallest absolute Gasteiger partial charge is 0.310 e. The number of esters is 1. The van der Waals surface area contributed by atoms with Crippen LogP contribution in [-0.4, -0.2) is 23.3 Å². The monoisotopic (exact) mass is 242 g/mol. The van der Waals surface area contributed by atoms with Gasteiger partial charge in [0.2, 0.25) is 0 Å². The first-order chi connectivity index (χ1) is 7.78. The minimum absolute atomic E-state index is 0.0397. The number of carbonyl (C=O) groups excluding carboxylic acids is 1. The molecular formula is C14H26O3. The summed E-state index contributed by atoms with van der Waals surface area (Å²) < 4.78 is 5.41. The van der Waals surface area contributed by atoms with Gasteiger partial charge in [0.25, 0.3) is 0 Å². The Hall–Kier alpha value is -0.570. The third kappa shape index (κ3) is 4.66. The zero-order valence-electron chi connectivity index (χ0n) is 11.6. The van der Waals surface area contributed by atoms with Crippen molar-refractivity contribution < 1.29 is 14.6 Å². The fourth-order valence-corrected chi connectivity index (χ4v) is 2.24. The Kier molecular flexibility index (Phi) is 4.59. The molecule has 2 unspecified atom stereocenters. The molecule has 3 nitrogen and oxygen atoms in total. The third-order valence-corrected chi connectivity index (χ3v) is 3.45. The van der Waals surface area contributed by atoms with Gasteiger partial charge in [-0.05, 0) is 45.4 Å². The van der Waals surface area contributed by atoms with Crippen LogP contribution in [0, 0.1) is 11.3 Å². The first kappa shape index (κ1) is 14.5. The second-order valence-electron chi connectivity index (χ2n) is 6.48. The number of aliphatic hydroxyl groups is 1. The van der Waals surface area contributed by atoms with E-state index in [1.54, 1.807) is 0 Å². The maximum atomic E-state index is 11.9. The van der Waals surface area contributed by atoms with E-state index >= 15 is 0 Å². The van der Waals surface area contributed by atoms with Crippen LogP contribution < -0.4 is 0 Å². The number of rotatable bonds is 6. The molecule has 100 valence electrons. The van der Waals surface area contributed by atoms with Crippen LogP contribution in [0.25, 0.3) is 0 Å². The van der Waals surface area contributed by atoms with Crippen molar-refractivity contribution in [1.29, 1.82) is 0 Å². The molecule has 0 bridgehead atoms. The van der Waals surface area contributed by atoms with Gasteiger partial charge < -0.3 is 9.84 Å². The van der Waals surface area contributed by atoms with Crippen molar-refractivity contribution >= 4 is 5.97 Å². The Labute approximate surface area is 105 Å². The fraction of sp³-hybridized carbons (Fsp3) is 0.929. The van der Waals surface area contributed by atoms with Crippen molar-refractivity contribution in [2.75, 3.05) is 6.61 Å². The van der Waals surface area contributed by atoms with E-state index in [-0.39, 0.29) is 29.5 Å². The minimum Gasteiger partial charge on any atom is -0.460 e. The van der Waals surface area contributed by atoms with Gasteiger partial charge in [-0.2, -0.15) is 0 Å². The molecule has 0 amide bonds. The highest BCUT2D eigenvalue weighted by molar-refractivity contribution is 5.77. The van der Waals surface area contributed by atoms with E-state index in [1.807, 2.05) is 20.8 Å². The molecule has 0 saturated heterocycles. The Morgan fingerprint density at radius 1 is 1.35 bits per heavy atom. The van der Waals surface area contributed by atoms with Crippen molar-refractivity contribution in [3.05, 3.63) is 0 Å². The predicted molar refractivity (Wildman–Crippen MR) is 67.6 cm³/mol. The lowest BCUT2D eigenvalue weighted by Crippen LogP contribution is -2.26. The van der Waals surface area contributed by atoms with Gasteiger partial charge in [0.05, 0.1) is 5.92 Å². The van der Waals surface area contributed by atoms with Crippen LogP contribution >= 0.6 is 0 Å². The van der Waals surface area contributed by atoms with E-state index in [4.69, 9.17) is 9.84 Å². The molecule has 1 rings (SSSR count). The standard InChI is InChI=1S/C14H26O3/c1-13(2,3)17-12(16)11-10-14(11,4)8-6-5-7-9-15/h11,15H,5-10H2,1-4H3. The van der Waals surface area contributed by atoms with Gasteiger partial charge >= 0.3 is 5.97 Å². The zero-order chi connectivity index (χ0) is 13.1. The quantitative estimate of drug-likeness (QED) is 0.575. The van der Waals surface area contributed by atoms with Crippen LogP contribution in [0.3, 0.4) is 0 Å². The lowest BCUT2D eigenvalue weighted by atomic mass is 9.98. The Bertz CT molecular complexity index is 267. The summed E-state index contributed by atoms with van der Waals surface area (Å²) in [5.41, 5.74) is -0.227. The van der Waals surface area contributed by atoms with Crippen molar-refractivity contribution in [1.82, 2.24) is 0 Å². The topological polar surface area (TPSA) is 46.5 Å². The molecule has 1 aliphatic rings. The van der Waals surface area contributed by atoms with Gasteiger partial charge in [-0.3, -0.25) is 4.79 Å². The van der Waals surface area contributed by atoms with E-state index in [2.05, 4.69) is 6.92 Å². The van der Waals surface area contributed by atoms with E-state index < -0.39 is 0 Å². The molecule has 0 radical (unpaired) electrons. The molecule has 0 aromatic rings. The first-order valence-electron chi connectivity index (χ1n) is 6.62. The van der Waals surface area contributed by atoms with Gasteiger partial charge in [-0.15, -0.1) is 0 Å². The normalized spacial score (nSPS) is 27.9. The van der Waals surface area contributed by atoms with Crippen molar-refractivity contribution in [3.8, 4) is 0 Å². The molecule has 1 saturated carbocycles. The van der Waals surface area contributed by atoms with Gasteiger partial charge in [-0.1, -0.05) is 19.8 Å². The van der Waals surface area contributed by atoms with Crippen LogP contribution in [0.5, 0.6) is 0 Å². The largest absolute Gasteiger partial charge is 0.460 e. The van der Waals surface area contributed by atoms with Gasteiger partial charge in [-0.25, -0.2) is 0 Å². The average molecular weight is 242 g/mol. The summed E-state index contributed by atoms with van der Waals surface area (Å²) in [5, 5.41) is 8.71. The van der Waals surface area contributed by atoms with Gasteiger partial charge in [0, 0.05) is 6.61 Å². The summed E-state index contributed by atoms with van der Waals surface area (Å²) in [5.74, 6) is 0.0537. The van der Waals surface area contributed by atoms with Crippen molar-refractivity contribution in [3.63, 3.8) is 0 Å². The summed E-state index contributed by atoms with van der Waals surface area (Å²) in [6.07, 6.45) is 5.04. The molecule has 0 spiro atoms. The highest BCUT2D eigenvalue weighted by Gasteiger charge is 2.55. The fourth-order valence-electron chi connectivity index (χ4n) is 2.24. The van der Waals surface area contributed by atoms with Crippen LogP contribution in [-0.2, 0) is 9.53 Å². The highest BCUT2D eigenvalue weighted by atomic mass is 16.6. The van der Waals surface area contributed by atoms with E-state index in [9.17, 15) is 4.79 Å². The van der Waals surface area contributed by atoms with E-state index in [1.165, 1.54) is 0 Å². The molecule has 1 fully saturated rings. The Morgan fingerprint density at radius 3 is 2.53 bits per heavy atom. The van der Waals surface area contributed by atoms with Gasteiger partial charge in [0.15, 0.2) is 0 Å². The highest BCUT2D eigenvalue weighted by Crippen LogP contribution is 2.56. The third-order valence-electron chi connectivity index (χ3n) is 3.45. The van der Waals surface area contributed by atoms with Crippen LogP contribution in [0.2, 0.25) is 0 Å². The molecule has 1 aliphatic carbocycles. The predicted octanol–water partition coefficient (Wildman–Crippen LogP) is 2.91. The first-order valence-corrected chi connectivity index (χ1v) is 6.62. The number of hydrogen-bond donors (Lipinski definition) is 1. The summed E-state index contributed by atoms with van der Waals surface area (Å²) in [6, 6.07) is 0. The maximum Gasteiger partial charge on any atom is 0.310 e. The summed E-state index contributed by atoms with van der Waals surface area (Å²) in [7, 11) is 0. The molecule has 0 heterocycles. The number of aliphatic hydroxyl groups excluding tert-OH is 1. The lowest BCUT2D eigenvalue weighted by molar-refractivity contribution is -0.157. The van der Waals surface area contributed by atoms with Gasteiger partial charge in [0.1, 0.15) is 5.60 Å². The lowest BCUT2D eigenvalue weighted by Gasteiger charge is -2.20. The number of ether oxygens (including phenoxy) is 1. The molecular weight excluding hydrogens is 216 g/mol. The molecule has 17 heavy (non-hydrogen) atoms. The van der Waals surface area contributed by atoms with Crippen molar-refractivity contribution in [2.45, 2.75) is 65.4 Å². The zero-order valence-corrected chi connectivity index (χ0v) is 11.6. The molecule has 1 N–H and O–H groups in total. The second kappa shape index (κ2) is 5.38. The van der Waals surface area contributed by atoms with Crippen molar-refractivity contribution in [2.24, 2.45) is 11.3 Å². The summed E-state index contributed by atoms with van der Waals surface area (Å²) >= 11 is 0.